The van der Waals surface area contributed by atoms with Crippen LogP contribution in [0.2, 0.25) is 0 Å². The van der Waals surface area contributed by atoms with E-state index in [2.05, 4.69) is 46.0 Å². The van der Waals surface area contributed by atoms with E-state index in [0.29, 0.717) is 13.0 Å². The van der Waals surface area contributed by atoms with Crippen LogP contribution in [0.4, 0.5) is 4.39 Å². The SMILES string of the molecule is C=C(NC1(C)CCNC1=O)c1c(C)cc2ccc(CCc3ccccc3F)cn12. The Balaban J connectivity index is 1.60. The molecule has 0 spiro atoms. The number of pyridine rings is 1. The molecular formula is C24H26FN3O. The molecule has 1 aliphatic heterocycles. The number of halogens is 1. The summed E-state index contributed by atoms with van der Waals surface area (Å²) in [6, 6.07) is 13.2. The summed E-state index contributed by atoms with van der Waals surface area (Å²) < 4.78 is 16.0. The third kappa shape index (κ3) is 3.65. The van der Waals surface area contributed by atoms with Crippen LogP contribution in [0, 0.1) is 12.7 Å². The molecule has 0 radical (unpaired) electrons. The van der Waals surface area contributed by atoms with Crippen molar-refractivity contribution in [3.63, 3.8) is 0 Å². The Morgan fingerprint density at radius 3 is 2.79 bits per heavy atom. The smallest absolute Gasteiger partial charge is 0.245 e. The summed E-state index contributed by atoms with van der Waals surface area (Å²) in [5, 5.41) is 6.23. The third-order valence-corrected chi connectivity index (χ3v) is 5.79. The summed E-state index contributed by atoms with van der Waals surface area (Å²) in [4.78, 5) is 12.2. The molecule has 3 aromatic rings. The van der Waals surface area contributed by atoms with E-state index in [0.717, 1.165) is 46.4 Å². The molecule has 0 aliphatic carbocycles. The van der Waals surface area contributed by atoms with E-state index in [1.807, 2.05) is 26.0 Å². The van der Waals surface area contributed by atoms with Gasteiger partial charge in [0.1, 0.15) is 11.4 Å². The number of rotatable bonds is 6. The second kappa shape index (κ2) is 7.39. The van der Waals surface area contributed by atoms with Gasteiger partial charge in [-0.05, 0) is 68.0 Å². The van der Waals surface area contributed by atoms with Gasteiger partial charge in [-0.2, -0.15) is 0 Å². The number of aryl methyl sites for hydroxylation is 3. The van der Waals surface area contributed by atoms with Gasteiger partial charge in [-0.3, -0.25) is 4.79 Å². The first-order chi connectivity index (χ1) is 13.9. The topological polar surface area (TPSA) is 45.5 Å². The number of fused-ring (bicyclic) bond motifs is 1. The Bertz CT molecular complexity index is 1100. The highest BCUT2D eigenvalue weighted by Crippen LogP contribution is 2.26. The van der Waals surface area contributed by atoms with Crippen molar-refractivity contribution in [3.05, 3.63) is 83.4 Å². The van der Waals surface area contributed by atoms with Crippen molar-refractivity contribution in [1.29, 1.82) is 0 Å². The van der Waals surface area contributed by atoms with Crippen LogP contribution in [0.1, 0.15) is 35.7 Å². The van der Waals surface area contributed by atoms with Crippen molar-refractivity contribution in [3.8, 4) is 0 Å². The predicted octanol–water partition coefficient (Wildman–Crippen LogP) is 4.01. The largest absolute Gasteiger partial charge is 0.370 e. The van der Waals surface area contributed by atoms with Crippen LogP contribution in [0.5, 0.6) is 0 Å². The minimum absolute atomic E-state index is 0.00254. The Hall–Kier alpha value is -3.08. The molecule has 0 bridgehead atoms. The van der Waals surface area contributed by atoms with Gasteiger partial charge in [0.15, 0.2) is 0 Å². The molecule has 4 rings (SSSR count). The van der Waals surface area contributed by atoms with Crippen LogP contribution < -0.4 is 10.6 Å². The number of carbonyl (C=O) groups is 1. The Morgan fingerprint density at radius 1 is 1.28 bits per heavy atom. The molecule has 1 fully saturated rings. The Morgan fingerprint density at radius 2 is 2.07 bits per heavy atom. The van der Waals surface area contributed by atoms with Crippen molar-refractivity contribution in [2.75, 3.05) is 6.54 Å². The summed E-state index contributed by atoms with van der Waals surface area (Å²) in [6.45, 7) is 8.85. The maximum absolute atomic E-state index is 13.9. The number of carbonyl (C=O) groups excluding carboxylic acids is 1. The molecule has 2 N–H and O–H groups in total. The van der Waals surface area contributed by atoms with Crippen LogP contribution in [0.25, 0.3) is 11.2 Å². The van der Waals surface area contributed by atoms with Crippen molar-refractivity contribution in [1.82, 2.24) is 15.0 Å². The quantitative estimate of drug-likeness (QED) is 0.667. The van der Waals surface area contributed by atoms with Gasteiger partial charge in [-0.1, -0.05) is 30.8 Å². The molecule has 3 heterocycles. The first kappa shape index (κ1) is 19.2. The summed E-state index contributed by atoms with van der Waals surface area (Å²) in [7, 11) is 0. The van der Waals surface area contributed by atoms with Gasteiger partial charge in [-0.25, -0.2) is 4.39 Å². The first-order valence-electron chi connectivity index (χ1n) is 9.97. The van der Waals surface area contributed by atoms with Crippen LogP contribution >= 0.6 is 0 Å². The van der Waals surface area contributed by atoms with E-state index >= 15 is 0 Å². The van der Waals surface area contributed by atoms with E-state index in [-0.39, 0.29) is 11.7 Å². The highest BCUT2D eigenvalue weighted by atomic mass is 19.1. The van der Waals surface area contributed by atoms with Gasteiger partial charge in [0.05, 0.1) is 11.4 Å². The maximum Gasteiger partial charge on any atom is 0.245 e. The number of nitrogens with one attached hydrogen (secondary N) is 2. The first-order valence-corrected chi connectivity index (χ1v) is 9.97. The molecule has 0 saturated carbocycles. The maximum atomic E-state index is 13.9. The second-order valence-electron chi connectivity index (χ2n) is 8.04. The van der Waals surface area contributed by atoms with Crippen LogP contribution in [-0.2, 0) is 17.6 Å². The molecule has 4 nitrogen and oxygen atoms in total. The van der Waals surface area contributed by atoms with Gasteiger partial charge < -0.3 is 15.0 Å². The van der Waals surface area contributed by atoms with Gasteiger partial charge >= 0.3 is 0 Å². The van der Waals surface area contributed by atoms with E-state index in [9.17, 15) is 9.18 Å². The molecule has 29 heavy (non-hydrogen) atoms. The molecule has 1 unspecified atom stereocenters. The molecule has 150 valence electrons. The number of amides is 1. The Kier molecular flexibility index (Phi) is 4.91. The molecular weight excluding hydrogens is 365 g/mol. The number of hydrogen-bond acceptors (Lipinski definition) is 2. The molecule has 1 aromatic carbocycles. The average Bonchev–Trinajstić information content (AvgIpc) is 3.18. The molecule has 1 aliphatic rings. The lowest BCUT2D eigenvalue weighted by Crippen LogP contribution is -2.47. The van der Waals surface area contributed by atoms with Gasteiger partial charge in [-0.15, -0.1) is 0 Å². The van der Waals surface area contributed by atoms with Crippen molar-refractivity contribution >= 4 is 17.1 Å². The highest BCUT2D eigenvalue weighted by Gasteiger charge is 2.38. The lowest BCUT2D eigenvalue weighted by atomic mass is 9.99. The van der Waals surface area contributed by atoms with Gasteiger partial charge in [0.25, 0.3) is 0 Å². The fraction of sp³-hybridized carbons (Fsp3) is 0.292. The molecule has 2 aromatic heterocycles. The zero-order chi connectivity index (χ0) is 20.6. The number of nitrogens with zero attached hydrogens (tertiary/aromatic N) is 1. The zero-order valence-corrected chi connectivity index (χ0v) is 16.9. The lowest BCUT2D eigenvalue weighted by Gasteiger charge is -2.25. The number of hydrogen-bond donors (Lipinski definition) is 2. The Labute approximate surface area is 170 Å². The lowest BCUT2D eigenvalue weighted by molar-refractivity contribution is -0.123. The van der Waals surface area contributed by atoms with Crippen molar-refractivity contribution in [2.45, 2.75) is 38.6 Å². The fourth-order valence-corrected chi connectivity index (χ4v) is 4.11. The number of aromatic nitrogens is 1. The van der Waals surface area contributed by atoms with Crippen molar-refractivity contribution in [2.24, 2.45) is 0 Å². The van der Waals surface area contributed by atoms with Crippen LogP contribution in [-0.4, -0.2) is 22.4 Å². The van der Waals surface area contributed by atoms with Gasteiger partial charge in [0.2, 0.25) is 5.91 Å². The van der Waals surface area contributed by atoms with E-state index < -0.39 is 5.54 Å². The van der Waals surface area contributed by atoms with E-state index in [4.69, 9.17) is 0 Å². The summed E-state index contributed by atoms with van der Waals surface area (Å²) in [5.41, 5.74) is 5.06. The zero-order valence-electron chi connectivity index (χ0n) is 16.9. The monoisotopic (exact) mass is 391 g/mol. The molecule has 1 amide bonds. The minimum Gasteiger partial charge on any atom is -0.370 e. The second-order valence-corrected chi connectivity index (χ2v) is 8.04. The van der Waals surface area contributed by atoms with Gasteiger partial charge in [0, 0.05) is 18.3 Å². The molecule has 1 saturated heterocycles. The molecule has 1 atom stereocenters. The average molecular weight is 391 g/mol. The van der Waals surface area contributed by atoms with Crippen LogP contribution in [0.3, 0.4) is 0 Å². The summed E-state index contributed by atoms with van der Waals surface area (Å²) >= 11 is 0. The standard InChI is InChI=1S/C24H26FN3O/c1-16-14-20-11-9-18(8-10-19-6-4-5-7-21(19)25)15-28(20)22(16)17(2)27-24(3)12-13-26-23(24)29/h4-7,9,11,14-15,27H,2,8,10,12-13H2,1,3H3,(H,26,29). The summed E-state index contributed by atoms with van der Waals surface area (Å²) in [6.07, 6.45) is 4.20. The fourth-order valence-electron chi connectivity index (χ4n) is 4.11. The highest BCUT2D eigenvalue weighted by molar-refractivity contribution is 5.89. The normalized spacial score (nSPS) is 18.8. The molecule has 5 heteroatoms. The minimum atomic E-state index is -0.643. The van der Waals surface area contributed by atoms with Crippen molar-refractivity contribution < 1.29 is 9.18 Å². The van der Waals surface area contributed by atoms with E-state index in [1.165, 1.54) is 6.07 Å². The summed E-state index contributed by atoms with van der Waals surface area (Å²) in [5.74, 6) is -0.158. The third-order valence-electron chi connectivity index (χ3n) is 5.79. The number of benzene rings is 1. The van der Waals surface area contributed by atoms with E-state index in [1.54, 1.807) is 6.07 Å². The predicted molar refractivity (Wildman–Crippen MR) is 114 cm³/mol. The van der Waals surface area contributed by atoms with Crippen LogP contribution in [0.15, 0.2) is 55.2 Å².